The molecule has 0 atom stereocenters. The lowest BCUT2D eigenvalue weighted by atomic mass is 9.49. The Morgan fingerprint density at radius 2 is 1.28 bits per heavy atom. The molecule has 1 aromatic carbocycles. The molecular formula is C12H16B2O4. The van der Waals surface area contributed by atoms with Gasteiger partial charge in [-0.25, -0.2) is 0 Å². The van der Waals surface area contributed by atoms with Crippen LogP contribution < -0.4 is 0 Å². The number of rotatable bonds is 3. The fraction of sp³-hybridized carbons (Fsp3) is 0.500. The summed E-state index contributed by atoms with van der Waals surface area (Å²) in [6, 6.07) is 8.37. The van der Waals surface area contributed by atoms with E-state index in [0.29, 0.717) is 26.4 Å². The van der Waals surface area contributed by atoms with E-state index in [2.05, 4.69) is 31.2 Å². The van der Waals surface area contributed by atoms with Crippen LogP contribution in [-0.4, -0.2) is 40.7 Å². The van der Waals surface area contributed by atoms with Gasteiger partial charge in [-0.05, 0) is 12.5 Å². The van der Waals surface area contributed by atoms with Crippen molar-refractivity contribution in [1.82, 2.24) is 0 Å². The number of hydrogen-bond donors (Lipinski definition) is 0. The minimum atomic E-state index is -0.268. The molecule has 6 heteroatoms. The highest BCUT2D eigenvalue weighted by Crippen LogP contribution is 2.28. The van der Waals surface area contributed by atoms with Crippen LogP contribution in [-0.2, 0) is 18.6 Å². The van der Waals surface area contributed by atoms with Gasteiger partial charge in [0, 0.05) is 0 Å². The van der Waals surface area contributed by atoms with Crippen LogP contribution in [0.25, 0.3) is 0 Å². The van der Waals surface area contributed by atoms with E-state index in [0.717, 1.165) is 5.56 Å². The maximum Gasteiger partial charge on any atom is 0.462 e. The summed E-state index contributed by atoms with van der Waals surface area (Å²) >= 11 is 0. The predicted molar refractivity (Wildman–Crippen MR) is 69.2 cm³/mol. The van der Waals surface area contributed by atoms with E-state index in [9.17, 15) is 0 Å². The van der Waals surface area contributed by atoms with Crippen molar-refractivity contribution in [2.24, 2.45) is 0 Å². The molecule has 0 bridgehead atoms. The molecule has 1 aromatic rings. The van der Waals surface area contributed by atoms with Crippen LogP contribution in [0.1, 0.15) is 16.8 Å². The largest absolute Gasteiger partial charge is 0.462 e. The molecule has 0 spiro atoms. The van der Waals surface area contributed by atoms with Crippen molar-refractivity contribution in [1.29, 1.82) is 0 Å². The molecule has 0 aromatic heterocycles. The Morgan fingerprint density at radius 1 is 0.833 bits per heavy atom. The van der Waals surface area contributed by atoms with E-state index < -0.39 is 0 Å². The second-order valence-corrected chi connectivity index (χ2v) is 4.66. The Hall–Kier alpha value is -0.810. The Bertz CT molecular complexity index is 370. The van der Waals surface area contributed by atoms with Gasteiger partial charge in [0.05, 0.1) is 32.1 Å². The Morgan fingerprint density at radius 3 is 1.72 bits per heavy atom. The molecule has 0 unspecified atom stereocenters. The van der Waals surface area contributed by atoms with Crippen LogP contribution in [0.2, 0.25) is 0 Å². The fourth-order valence-electron chi connectivity index (χ4n) is 2.40. The first-order valence-corrected chi connectivity index (χ1v) is 6.37. The second-order valence-electron chi connectivity index (χ2n) is 4.66. The van der Waals surface area contributed by atoms with Gasteiger partial charge in [-0.2, -0.15) is 0 Å². The summed E-state index contributed by atoms with van der Waals surface area (Å²) in [5.74, 6) is 0. The molecule has 94 valence electrons. The van der Waals surface area contributed by atoms with Crippen molar-refractivity contribution in [3.63, 3.8) is 0 Å². The van der Waals surface area contributed by atoms with Gasteiger partial charge in [0.2, 0.25) is 0 Å². The van der Waals surface area contributed by atoms with Crippen molar-refractivity contribution in [3.05, 3.63) is 35.4 Å². The van der Waals surface area contributed by atoms with Crippen LogP contribution in [0.5, 0.6) is 0 Å². The number of hydrogen-bond acceptors (Lipinski definition) is 4. The molecule has 3 rings (SSSR count). The summed E-state index contributed by atoms with van der Waals surface area (Å²) in [6.07, 6.45) is 0. The Kier molecular flexibility index (Phi) is 3.70. The molecule has 0 saturated carbocycles. The smallest absolute Gasteiger partial charge is 0.409 e. The minimum absolute atomic E-state index is 0.0180. The SMILES string of the molecule is Cc1ccc(C(B2OCCO2)B2OCCO2)cc1. The van der Waals surface area contributed by atoms with E-state index in [1.54, 1.807) is 0 Å². The molecule has 0 N–H and O–H groups in total. The molecule has 2 aliphatic heterocycles. The highest BCUT2D eigenvalue weighted by molar-refractivity contribution is 6.68. The topological polar surface area (TPSA) is 36.9 Å². The predicted octanol–water partition coefficient (Wildman–Crippen LogP) is 1.23. The third kappa shape index (κ3) is 2.47. The van der Waals surface area contributed by atoms with Crippen molar-refractivity contribution in [2.75, 3.05) is 26.4 Å². The van der Waals surface area contributed by atoms with Gasteiger partial charge in [0.1, 0.15) is 0 Å². The standard InChI is InChI=1S/C12H16B2O4/c1-10-2-4-11(5-3-10)12(13-15-6-7-16-13)14-17-8-9-18-14/h2-5,12H,6-9H2,1H3. The van der Waals surface area contributed by atoms with Crippen molar-refractivity contribution >= 4 is 14.2 Å². The number of benzene rings is 1. The quantitative estimate of drug-likeness (QED) is 0.751. The Labute approximate surface area is 108 Å². The summed E-state index contributed by atoms with van der Waals surface area (Å²) in [5.41, 5.74) is 2.36. The molecule has 0 aliphatic carbocycles. The van der Waals surface area contributed by atoms with E-state index in [1.165, 1.54) is 5.56 Å². The van der Waals surface area contributed by atoms with E-state index in [-0.39, 0.29) is 20.0 Å². The first-order valence-electron chi connectivity index (χ1n) is 6.37. The normalized spacial score (nSPS) is 20.1. The van der Waals surface area contributed by atoms with E-state index in [1.807, 2.05) is 0 Å². The van der Waals surface area contributed by atoms with Gasteiger partial charge in [0.25, 0.3) is 0 Å². The van der Waals surface area contributed by atoms with Crippen LogP contribution in [0.3, 0.4) is 0 Å². The van der Waals surface area contributed by atoms with E-state index >= 15 is 0 Å². The summed E-state index contributed by atoms with van der Waals surface area (Å²) in [7, 11) is -0.536. The van der Waals surface area contributed by atoms with Crippen molar-refractivity contribution in [3.8, 4) is 0 Å². The first-order chi connectivity index (χ1) is 8.84. The Balaban J connectivity index is 1.85. The van der Waals surface area contributed by atoms with Crippen molar-refractivity contribution < 1.29 is 18.6 Å². The van der Waals surface area contributed by atoms with Crippen molar-refractivity contribution in [2.45, 2.75) is 12.6 Å². The average molecular weight is 246 g/mol. The van der Waals surface area contributed by atoms with Gasteiger partial charge in [-0.15, -0.1) is 0 Å². The zero-order valence-corrected chi connectivity index (χ0v) is 10.5. The third-order valence-electron chi connectivity index (χ3n) is 3.34. The van der Waals surface area contributed by atoms with Crippen LogP contribution in [0.15, 0.2) is 24.3 Å². The average Bonchev–Trinajstić information content (AvgIpc) is 3.06. The van der Waals surface area contributed by atoms with Crippen LogP contribution in [0.4, 0.5) is 0 Å². The minimum Gasteiger partial charge on any atom is -0.409 e. The molecule has 2 aliphatic rings. The van der Waals surface area contributed by atoms with E-state index in [4.69, 9.17) is 18.6 Å². The maximum atomic E-state index is 5.63. The second kappa shape index (κ2) is 5.45. The third-order valence-corrected chi connectivity index (χ3v) is 3.34. The molecule has 2 heterocycles. The van der Waals surface area contributed by atoms with Crippen LogP contribution >= 0.6 is 0 Å². The summed E-state index contributed by atoms with van der Waals surface area (Å²) in [4.78, 5) is 0. The molecule has 0 radical (unpaired) electrons. The van der Waals surface area contributed by atoms with Gasteiger partial charge in [-0.1, -0.05) is 29.8 Å². The number of aryl methyl sites for hydroxylation is 1. The molecule has 18 heavy (non-hydrogen) atoms. The monoisotopic (exact) mass is 246 g/mol. The summed E-state index contributed by atoms with van der Waals surface area (Å²) in [6.45, 7) is 4.63. The van der Waals surface area contributed by atoms with Gasteiger partial charge >= 0.3 is 14.2 Å². The molecular weight excluding hydrogens is 230 g/mol. The molecule has 2 fully saturated rings. The zero-order valence-electron chi connectivity index (χ0n) is 10.5. The van der Waals surface area contributed by atoms with Gasteiger partial charge in [-0.3, -0.25) is 0 Å². The molecule has 2 saturated heterocycles. The summed E-state index contributed by atoms with van der Waals surface area (Å²) < 4.78 is 22.5. The lowest BCUT2D eigenvalue weighted by Crippen LogP contribution is -2.39. The van der Waals surface area contributed by atoms with Crippen LogP contribution in [0, 0.1) is 6.92 Å². The maximum absolute atomic E-state index is 5.63. The van der Waals surface area contributed by atoms with Gasteiger partial charge < -0.3 is 18.6 Å². The zero-order chi connectivity index (χ0) is 12.4. The summed E-state index contributed by atoms with van der Waals surface area (Å²) in [5, 5.41) is 0. The first kappa shape index (κ1) is 12.2. The molecule has 0 amide bonds. The highest BCUT2D eigenvalue weighted by Gasteiger charge is 2.47. The molecule has 4 nitrogen and oxygen atoms in total. The lowest BCUT2D eigenvalue weighted by molar-refractivity contribution is 0.335. The highest BCUT2D eigenvalue weighted by atomic mass is 16.7. The fourth-order valence-corrected chi connectivity index (χ4v) is 2.40. The lowest BCUT2D eigenvalue weighted by Gasteiger charge is -2.20. The van der Waals surface area contributed by atoms with Gasteiger partial charge in [0.15, 0.2) is 0 Å².